The fourth-order valence-electron chi connectivity index (χ4n) is 1.76. The van der Waals surface area contributed by atoms with Gasteiger partial charge in [-0.2, -0.15) is 0 Å². The molecule has 1 aromatic rings. The van der Waals surface area contributed by atoms with Crippen molar-refractivity contribution >= 4 is 0 Å². The molecule has 0 aliphatic carbocycles. The van der Waals surface area contributed by atoms with Crippen LogP contribution in [0.15, 0.2) is 30.3 Å². The molecular formula is C16H30N2. The van der Waals surface area contributed by atoms with Crippen LogP contribution in [0.1, 0.15) is 39.7 Å². The van der Waals surface area contributed by atoms with Crippen molar-refractivity contribution in [2.45, 2.75) is 46.6 Å². The van der Waals surface area contributed by atoms with Gasteiger partial charge in [0.05, 0.1) is 0 Å². The molecule has 0 bridgehead atoms. The predicted octanol–water partition coefficient (Wildman–Crippen LogP) is 3.23. The monoisotopic (exact) mass is 250 g/mol. The van der Waals surface area contributed by atoms with E-state index in [-0.39, 0.29) is 0 Å². The lowest BCUT2D eigenvalue weighted by atomic mass is 10.1. The minimum absolute atomic E-state index is 0.608. The van der Waals surface area contributed by atoms with E-state index in [4.69, 9.17) is 0 Å². The van der Waals surface area contributed by atoms with Crippen LogP contribution in [-0.2, 0) is 6.42 Å². The number of piperazine rings is 1. The molecule has 1 saturated heterocycles. The lowest BCUT2D eigenvalue weighted by Gasteiger charge is -2.24. The zero-order chi connectivity index (χ0) is 13.6. The third-order valence-corrected chi connectivity index (χ3v) is 2.45. The Balaban J connectivity index is 0.000000509. The number of benzene rings is 1. The van der Waals surface area contributed by atoms with Gasteiger partial charge < -0.3 is 10.6 Å². The fraction of sp³-hybridized carbons (Fsp3) is 0.625. The van der Waals surface area contributed by atoms with Crippen molar-refractivity contribution in [3.63, 3.8) is 0 Å². The largest absolute Gasteiger partial charge is 0.314 e. The maximum absolute atomic E-state index is 3.51. The van der Waals surface area contributed by atoms with Crippen molar-refractivity contribution in [2.75, 3.05) is 19.6 Å². The Labute approximate surface area is 113 Å². The topological polar surface area (TPSA) is 24.1 Å². The van der Waals surface area contributed by atoms with Gasteiger partial charge in [0.1, 0.15) is 0 Å². The van der Waals surface area contributed by atoms with E-state index in [1.54, 1.807) is 0 Å². The van der Waals surface area contributed by atoms with Crippen LogP contribution in [0.3, 0.4) is 0 Å². The van der Waals surface area contributed by atoms with Crippen LogP contribution < -0.4 is 10.6 Å². The second-order valence-corrected chi connectivity index (χ2v) is 4.25. The predicted molar refractivity (Wildman–Crippen MR) is 82.1 cm³/mol. The van der Waals surface area contributed by atoms with Crippen molar-refractivity contribution in [1.82, 2.24) is 10.6 Å². The van der Waals surface area contributed by atoms with Crippen LogP contribution in [0.4, 0.5) is 0 Å². The summed E-state index contributed by atoms with van der Waals surface area (Å²) in [5.41, 5.74) is 1.42. The van der Waals surface area contributed by atoms with Crippen molar-refractivity contribution in [3.05, 3.63) is 35.9 Å². The lowest BCUT2D eigenvalue weighted by Crippen LogP contribution is -2.49. The van der Waals surface area contributed by atoms with E-state index >= 15 is 0 Å². The van der Waals surface area contributed by atoms with Gasteiger partial charge in [-0.1, -0.05) is 64.4 Å². The van der Waals surface area contributed by atoms with Gasteiger partial charge in [0, 0.05) is 25.7 Å². The van der Waals surface area contributed by atoms with Gasteiger partial charge in [-0.25, -0.2) is 0 Å². The van der Waals surface area contributed by atoms with Gasteiger partial charge in [-0.15, -0.1) is 0 Å². The first-order valence-corrected chi connectivity index (χ1v) is 7.34. The van der Waals surface area contributed by atoms with E-state index < -0.39 is 0 Å². The van der Waals surface area contributed by atoms with Crippen LogP contribution in [0.25, 0.3) is 0 Å². The molecule has 1 aliphatic heterocycles. The molecule has 2 rings (SSSR count). The Bertz CT molecular complexity index is 253. The van der Waals surface area contributed by atoms with Crippen molar-refractivity contribution in [2.24, 2.45) is 0 Å². The molecule has 2 nitrogen and oxygen atoms in total. The SMILES string of the molecule is CC.CCC.c1ccc(CC2CNCCN2)cc1. The minimum atomic E-state index is 0.608. The van der Waals surface area contributed by atoms with Crippen molar-refractivity contribution in [1.29, 1.82) is 0 Å². The first kappa shape index (κ1) is 17.1. The Hall–Kier alpha value is -0.860. The molecular weight excluding hydrogens is 220 g/mol. The molecule has 1 fully saturated rings. The first-order valence-electron chi connectivity index (χ1n) is 7.34. The molecule has 0 spiro atoms. The van der Waals surface area contributed by atoms with Crippen molar-refractivity contribution in [3.8, 4) is 0 Å². The number of rotatable bonds is 2. The molecule has 2 N–H and O–H groups in total. The fourth-order valence-corrected chi connectivity index (χ4v) is 1.76. The van der Waals surface area contributed by atoms with Crippen LogP contribution in [0.5, 0.6) is 0 Å². The zero-order valence-electron chi connectivity index (χ0n) is 12.5. The molecule has 0 aromatic heterocycles. The molecule has 0 radical (unpaired) electrons. The molecule has 0 saturated carbocycles. The molecule has 1 atom stereocenters. The van der Waals surface area contributed by atoms with E-state index in [2.05, 4.69) is 54.8 Å². The zero-order valence-corrected chi connectivity index (χ0v) is 12.5. The van der Waals surface area contributed by atoms with Crippen LogP contribution >= 0.6 is 0 Å². The minimum Gasteiger partial charge on any atom is -0.314 e. The highest BCUT2D eigenvalue weighted by Gasteiger charge is 2.11. The van der Waals surface area contributed by atoms with Crippen molar-refractivity contribution < 1.29 is 0 Å². The third kappa shape index (κ3) is 8.26. The van der Waals surface area contributed by atoms with E-state index in [0.29, 0.717) is 6.04 Å². The highest BCUT2D eigenvalue weighted by Crippen LogP contribution is 2.03. The van der Waals surface area contributed by atoms with Gasteiger partial charge in [0.15, 0.2) is 0 Å². The maximum atomic E-state index is 3.51. The van der Waals surface area contributed by atoms with Crippen LogP contribution in [-0.4, -0.2) is 25.7 Å². The maximum Gasteiger partial charge on any atom is 0.0233 e. The summed E-state index contributed by atoms with van der Waals surface area (Å²) in [5, 5.41) is 6.90. The second-order valence-electron chi connectivity index (χ2n) is 4.25. The Morgan fingerprint density at radius 1 is 1.06 bits per heavy atom. The number of nitrogens with one attached hydrogen (secondary N) is 2. The van der Waals surface area contributed by atoms with Gasteiger partial charge in [0.25, 0.3) is 0 Å². The summed E-state index contributed by atoms with van der Waals surface area (Å²) in [6, 6.07) is 11.3. The summed E-state index contributed by atoms with van der Waals surface area (Å²) in [4.78, 5) is 0. The molecule has 1 heterocycles. The molecule has 1 unspecified atom stereocenters. The van der Waals surface area contributed by atoms with Gasteiger partial charge in [-0.3, -0.25) is 0 Å². The van der Waals surface area contributed by atoms with E-state index in [1.807, 2.05) is 13.8 Å². The Morgan fingerprint density at radius 3 is 2.17 bits per heavy atom. The average Bonchev–Trinajstić information content (AvgIpc) is 2.44. The summed E-state index contributed by atoms with van der Waals surface area (Å²) in [5.74, 6) is 0. The van der Waals surface area contributed by atoms with E-state index in [0.717, 1.165) is 26.1 Å². The van der Waals surface area contributed by atoms with E-state index in [9.17, 15) is 0 Å². The Kier molecular flexibility index (Phi) is 12.0. The van der Waals surface area contributed by atoms with Crippen LogP contribution in [0.2, 0.25) is 0 Å². The molecule has 0 amide bonds. The Morgan fingerprint density at radius 2 is 1.67 bits per heavy atom. The summed E-state index contributed by atoms with van der Waals surface area (Å²) < 4.78 is 0. The molecule has 18 heavy (non-hydrogen) atoms. The summed E-state index contributed by atoms with van der Waals surface area (Å²) >= 11 is 0. The lowest BCUT2D eigenvalue weighted by molar-refractivity contribution is 0.416. The quantitative estimate of drug-likeness (QED) is 0.842. The normalized spacial score (nSPS) is 17.9. The highest BCUT2D eigenvalue weighted by atomic mass is 15.0. The number of hydrogen-bond donors (Lipinski definition) is 2. The summed E-state index contributed by atoms with van der Waals surface area (Å²) in [6.07, 6.45) is 2.38. The standard InChI is InChI=1S/C11H16N2.C3H8.C2H6/c1-2-4-10(5-3-1)8-11-9-12-6-7-13-11;1-3-2;1-2/h1-5,11-13H,6-9H2;3H2,1-2H3;1-2H3. The van der Waals surface area contributed by atoms with Gasteiger partial charge in [0.2, 0.25) is 0 Å². The highest BCUT2D eigenvalue weighted by molar-refractivity contribution is 5.16. The molecule has 104 valence electrons. The average molecular weight is 250 g/mol. The summed E-state index contributed by atoms with van der Waals surface area (Å²) in [6.45, 7) is 11.5. The molecule has 1 aliphatic rings. The van der Waals surface area contributed by atoms with Crippen LogP contribution in [0, 0.1) is 0 Å². The van der Waals surface area contributed by atoms with E-state index in [1.165, 1.54) is 12.0 Å². The smallest absolute Gasteiger partial charge is 0.0233 e. The molecule has 2 heteroatoms. The summed E-state index contributed by atoms with van der Waals surface area (Å²) in [7, 11) is 0. The number of hydrogen-bond acceptors (Lipinski definition) is 2. The second kappa shape index (κ2) is 12.6. The third-order valence-electron chi connectivity index (χ3n) is 2.45. The molecule has 1 aromatic carbocycles. The van der Waals surface area contributed by atoms with Gasteiger partial charge >= 0.3 is 0 Å². The first-order chi connectivity index (χ1) is 8.86. The van der Waals surface area contributed by atoms with Gasteiger partial charge in [-0.05, 0) is 12.0 Å².